The van der Waals surface area contributed by atoms with Crippen LogP contribution in [0.5, 0.6) is 0 Å². The molecule has 7 heteroatoms. The van der Waals surface area contributed by atoms with Gasteiger partial charge in [-0.25, -0.2) is 15.3 Å². The van der Waals surface area contributed by atoms with E-state index >= 15 is 0 Å². The van der Waals surface area contributed by atoms with E-state index in [0.717, 1.165) is 19.3 Å². The number of nitrogens with zero attached hydrogens (tertiary/aromatic N) is 1. The van der Waals surface area contributed by atoms with Gasteiger partial charge in [0.05, 0.1) is 5.02 Å². The summed E-state index contributed by atoms with van der Waals surface area (Å²) in [5, 5.41) is 0.406. The molecule has 2 rings (SSSR count). The van der Waals surface area contributed by atoms with Gasteiger partial charge in [-0.3, -0.25) is 4.79 Å². The van der Waals surface area contributed by atoms with Gasteiger partial charge < -0.3 is 4.74 Å². The molecule has 1 aliphatic heterocycles. The standard InChI is InChI=1S/C11H12Cl2N2O3/c12-7-4-5-8(13)14-10(7)11(16)15-18-9-3-1-2-6-17-9/h4-5,9H,1-3,6H2,(H,15,16)/t9-/m0/s1. The molecule has 0 unspecified atom stereocenters. The lowest BCUT2D eigenvalue weighted by Gasteiger charge is -2.22. The molecule has 0 spiro atoms. The molecule has 98 valence electrons. The van der Waals surface area contributed by atoms with Crippen molar-refractivity contribution in [2.75, 3.05) is 6.61 Å². The van der Waals surface area contributed by atoms with Gasteiger partial charge in [-0.2, -0.15) is 0 Å². The van der Waals surface area contributed by atoms with Gasteiger partial charge in [-0.15, -0.1) is 0 Å². The van der Waals surface area contributed by atoms with Gasteiger partial charge in [0.25, 0.3) is 5.91 Å². The van der Waals surface area contributed by atoms with Gasteiger partial charge in [0.15, 0.2) is 12.0 Å². The van der Waals surface area contributed by atoms with Crippen molar-refractivity contribution in [1.29, 1.82) is 0 Å². The molecule has 0 aliphatic carbocycles. The summed E-state index contributed by atoms with van der Waals surface area (Å²) < 4.78 is 5.30. The Hall–Kier alpha value is -0.880. The van der Waals surface area contributed by atoms with E-state index in [1.165, 1.54) is 12.1 Å². The average Bonchev–Trinajstić information content (AvgIpc) is 2.40. The first-order valence-electron chi connectivity index (χ1n) is 5.56. The molecule has 0 aromatic carbocycles. The summed E-state index contributed by atoms with van der Waals surface area (Å²) in [6.45, 7) is 0.636. The number of hydrogen-bond acceptors (Lipinski definition) is 4. The Morgan fingerprint density at radius 3 is 3.00 bits per heavy atom. The molecule has 1 atom stereocenters. The number of carbonyl (C=O) groups excluding carboxylic acids is 1. The minimum atomic E-state index is -0.545. The zero-order chi connectivity index (χ0) is 13.0. The first kappa shape index (κ1) is 13.5. The quantitative estimate of drug-likeness (QED) is 0.687. The van der Waals surface area contributed by atoms with Crippen molar-refractivity contribution in [3.8, 4) is 0 Å². The fourth-order valence-corrected chi connectivity index (χ4v) is 1.89. The van der Waals surface area contributed by atoms with E-state index in [1.54, 1.807) is 0 Å². The molecular weight excluding hydrogens is 279 g/mol. The van der Waals surface area contributed by atoms with Crippen LogP contribution < -0.4 is 5.48 Å². The largest absolute Gasteiger partial charge is 0.350 e. The smallest absolute Gasteiger partial charge is 0.295 e. The number of pyridine rings is 1. The van der Waals surface area contributed by atoms with Gasteiger partial charge in [-0.1, -0.05) is 23.2 Å². The fourth-order valence-electron chi connectivity index (χ4n) is 1.55. The first-order valence-corrected chi connectivity index (χ1v) is 6.32. The number of amides is 1. The van der Waals surface area contributed by atoms with Crippen molar-refractivity contribution in [3.63, 3.8) is 0 Å². The van der Waals surface area contributed by atoms with E-state index < -0.39 is 12.2 Å². The Bertz CT molecular complexity index is 436. The minimum Gasteiger partial charge on any atom is -0.350 e. The zero-order valence-corrected chi connectivity index (χ0v) is 11.0. The number of rotatable bonds is 3. The van der Waals surface area contributed by atoms with E-state index in [4.69, 9.17) is 32.8 Å². The lowest BCUT2D eigenvalue weighted by Crippen LogP contribution is -2.33. The second-order valence-electron chi connectivity index (χ2n) is 3.81. The van der Waals surface area contributed by atoms with Crippen molar-refractivity contribution in [3.05, 3.63) is 28.0 Å². The summed E-state index contributed by atoms with van der Waals surface area (Å²) in [4.78, 5) is 20.7. The van der Waals surface area contributed by atoms with E-state index in [0.29, 0.717) is 6.61 Å². The molecule has 5 nitrogen and oxygen atoms in total. The maximum absolute atomic E-state index is 11.8. The summed E-state index contributed by atoms with van der Waals surface area (Å²) in [5.74, 6) is -0.545. The highest BCUT2D eigenvalue weighted by molar-refractivity contribution is 6.34. The van der Waals surface area contributed by atoms with Crippen LogP contribution in [0.1, 0.15) is 29.8 Å². The van der Waals surface area contributed by atoms with Gasteiger partial charge in [0, 0.05) is 13.0 Å². The Kier molecular flexibility index (Phi) is 4.77. The number of hydrogen-bond donors (Lipinski definition) is 1. The SMILES string of the molecule is O=C(NO[C@H]1CCCCO1)c1nc(Cl)ccc1Cl. The number of nitrogens with one attached hydrogen (secondary N) is 1. The highest BCUT2D eigenvalue weighted by atomic mass is 35.5. The van der Waals surface area contributed by atoms with Crippen molar-refractivity contribution in [2.24, 2.45) is 0 Å². The molecule has 0 saturated carbocycles. The van der Waals surface area contributed by atoms with Crippen LogP contribution in [0, 0.1) is 0 Å². The van der Waals surface area contributed by atoms with Crippen LogP contribution in [0.25, 0.3) is 0 Å². The van der Waals surface area contributed by atoms with E-state index in [9.17, 15) is 4.79 Å². The van der Waals surface area contributed by atoms with Crippen LogP contribution in [-0.4, -0.2) is 23.8 Å². The Morgan fingerprint density at radius 2 is 2.28 bits per heavy atom. The molecule has 1 N–H and O–H groups in total. The van der Waals surface area contributed by atoms with E-state index in [1.807, 2.05) is 0 Å². The topological polar surface area (TPSA) is 60.5 Å². The van der Waals surface area contributed by atoms with Gasteiger partial charge in [0.1, 0.15) is 5.15 Å². The van der Waals surface area contributed by atoms with Crippen molar-refractivity contribution >= 4 is 29.1 Å². The first-order chi connectivity index (χ1) is 8.66. The van der Waals surface area contributed by atoms with Crippen molar-refractivity contribution < 1.29 is 14.4 Å². The summed E-state index contributed by atoms with van der Waals surface area (Å²) in [6, 6.07) is 3.01. The molecule has 1 saturated heterocycles. The summed E-state index contributed by atoms with van der Waals surface area (Å²) in [6.07, 6.45) is 2.35. The van der Waals surface area contributed by atoms with Crippen LogP contribution in [0.2, 0.25) is 10.2 Å². The third-order valence-corrected chi connectivity index (χ3v) is 2.96. The number of ether oxygens (including phenoxy) is 1. The van der Waals surface area contributed by atoms with E-state index in [2.05, 4.69) is 10.5 Å². The van der Waals surface area contributed by atoms with Crippen LogP contribution in [0.4, 0.5) is 0 Å². The molecule has 0 bridgehead atoms. The normalized spacial score (nSPS) is 19.6. The highest BCUT2D eigenvalue weighted by Gasteiger charge is 2.18. The Balaban J connectivity index is 1.92. The molecule has 1 fully saturated rings. The summed E-state index contributed by atoms with van der Waals surface area (Å²) in [5.41, 5.74) is 2.29. The third kappa shape index (κ3) is 3.55. The fraction of sp³-hybridized carbons (Fsp3) is 0.455. The van der Waals surface area contributed by atoms with Crippen molar-refractivity contribution in [1.82, 2.24) is 10.5 Å². The molecular formula is C11H12Cl2N2O3. The molecule has 18 heavy (non-hydrogen) atoms. The molecule has 0 radical (unpaired) electrons. The Morgan fingerprint density at radius 1 is 1.44 bits per heavy atom. The maximum atomic E-state index is 11.8. The maximum Gasteiger partial charge on any atom is 0.295 e. The third-order valence-electron chi connectivity index (χ3n) is 2.45. The number of carbonyl (C=O) groups is 1. The predicted molar refractivity (Wildman–Crippen MR) is 66.4 cm³/mol. The molecule has 1 amide bonds. The monoisotopic (exact) mass is 290 g/mol. The average molecular weight is 291 g/mol. The predicted octanol–water partition coefficient (Wildman–Crippen LogP) is 2.58. The lowest BCUT2D eigenvalue weighted by molar-refractivity contribution is -0.186. The number of hydroxylamine groups is 1. The van der Waals surface area contributed by atoms with E-state index in [-0.39, 0.29) is 15.9 Å². The molecule has 1 aromatic heterocycles. The van der Waals surface area contributed by atoms with Gasteiger partial charge >= 0.3 is 0 Å². The minimum absolute atomic E-state index is 0.0278. The zero-order valence-electron chi connectivity index (χ0n) is 9.49. The molecule has 1 aliphatic rings. The molecule has 2 heterocycles. The molecule has 1 aromatic rings. The number of aromatic nitrogens is 1. The second-order valence-corrected chi connectivity index (χ2v) is 4.60. The van der Waals surface area contributed by atoms with Crippen LogP contribution in [-0.2, 0) is 9.57 Å². The second kappa shape index (κ2) is 6.33. The van der Waals surface area contributed by atoms with Crippen LogP contribution in [0.3, 0.4) is 0 Å². The van der Waals surface area contributed by atoms with Crippen LogP contribution in [0.15, 0.2) is 12.1 Å². The van der Waals surface area contributed by atoms with Gasteiger partial charge in [0.2, 0.25) is 0 Å². The summed E-state index contributed by atoms with van der Waals surface area (Å²) >= 11 is 11.5. The highest BCUT2D eigenvalue weighted by Crippen LogP contribution is 2.17. The summed E-state index contributed by atoms with van der Waals surface area (Å²) in [7, 11) is 0. The van der Waals surface area contributed by atoms with Gasteiger partial charge in [-0.05, 0) is 25.0 Å². The number of halogens is 2. The Labute approximate surface area is 114 Å². The van der Waals surface area contributed by atoms with Crippen LogP contribution >= 0.6 is 23.2 Å². The lowest BCUT2D eigenvalue weighted by atomic mass is 10.2. The van der Waals surface area contributed by atoms with Crippen molar-refractivity contribution in [2.45, 2.75) is 25.6 Å².